The second kappa shape index (κ2) is 5.79. The zero-order chi connectivity index (χ0) is 16.7. The van der Waals surface area contributed by atoms with Crippen molar-refractivity contribution in [1.29, 1.82) is 0 Å². The Morgan fingerprint density at radius 2 is 1.75 bits per heavy atom. The maximum atomic E-state index is 13.2. The van der Waals surface area contributed by atoms with Crippen LogP contribution in [0.5, 0.6) is 5.75 Å². The predicted molar refractivity (Wildman–Crippen MR) is 94.8 cm³/mol. The Morgan fingerprint density at radius 3 is 2.54 bits per heavy atom. The van der Waals surface area contributed by atoms with Gasteiger partial charge in [-0.25, -0.2) is 4.39 Å². The zero-order valence-electron chi connectivity index (χ0n) is 13.8. The monoisotopic (exact) mass is 318 g/mol. The summed E-state index contributed by atoms with van der Waals surface area (Å²) < 4.78 is 19.6. The molecular formula is C22H19FO. The molecule has 0 saturated carbocycles. The minimum Gasteiger partial charge on any atom is -0.484 e. The van der Waals surface area contributed by atoms with Crippen LogP contribution in [0.1, 0.15) is 28.4 Å². The van der Waals surface area contributed by atoms with Crippen LogP contribution in [-0.4, -0.2) is 0 Å². The van der Waals surface area contributed by atoms with Crippen molar-refractivity contribution in [1.82, 2.24) is 0 Å². The molecular weight excluding hydrogens is 299 g/mol. The van der Waals surface area contributed by atoms with Crippen LogP contribution in [0.25, 0.3) is 11.1 Å². The molecule has 0 aromatic heterocycles. The van der Waals surface area contributed by atoms with Crippen LogP contribution in [0.2, 0.25) is 0 Å². The first kappa shape index (κ1) is 14.9. The summed E-state index contributed by atoms with van der Waals surface area (Å²) >= 11 is 0. The normalized spacial score (nSPS) is 15.9. The van der Waals surface area contributed by atoms with Crippen molar-refractivity contribution >= 4 is 0 Å². The zero-order valence-corrected chi connectivity index (χ0v) is 13.8. The minimum absolute atomic E-state index is 0.0431. The molecule has 120 valence electrons. The Bertz CT molecular complexity index is 896. The van der Waals surface area contributed by atoms with Gasteiger partial charge in [0.1, 0.15) is 17.7 Å². The third-order valence-corrected chi connectivity index (χ3v) is 4.70. The van der Waals surface area contributed by atoms with Gasteiger partial charge < -0.3 is 4.74 Å². The summed E-state index contributed by atoms with van der Waals surface area (Å²) in [6.07, 6.45) is 0.913. The predicted octanol–water partition coefficient (Wildman–Crippen LogP) is 5.79. The van der Waals surface area contributed by atoms with Crippen LogP contribution in [0.15, 0.2) is 60.7 Å². The molecule has 2 heteroatoms. The number of fused-ring (bicyclic) bond motifs is 1. The molecule has 0 bridgehead atoms. The number of para-hydroxylation sites is 1. The quantitative estimate of drug-likeness (QED) is 0.581. The van der Waals surface area contributed by atoms with Crippen LogP contribution in [-0.2, 0) is 6.42 Å². The average Bonchev–Trinajstić information content (AvgIpc) is 3.02. The van der Waals surface area contributed by atoms with E-state index in [2.05, 4.69) is 38.1 Å². The maximum Gasteiger partial charge on any atom is 0.131 e. The number of aryl methyl sites for hydroxylation is 2. The van der Waals surface area contributed by atoms with E-state index in [0.717, 1.165) is 23.3 Å². The van der Waals surface area contributed by atoms with E-state index < -0.39 is 0 Å². The fourth-order valence-corrected chi connectivity index (χ4v) is 3.41. The van der Waals surface area contributed by atoms with Gasteiger partial charge in [0.15, 0.2) is 0 Å². The standard InChI is InChI=1S/C22H19FO/c1-14-6-7-15(2)20(12-14)21-13-17-4-3-5-19(22(17)24-21)16-8-10-18(23)11-9-16/h3-12,21H,13H2,1-2H3. The van der Waals surface area contributed by atoms with Gasteiger partial charge in [0.2, 0.25) is 0 Å². The van der Waals surface area contributed by atoms with Gasteiger partial charge >= 0.3 is 0 Å². The highest BCUT2D eigenvalue weighted by Gasteiger charge is 2.28. The number of ether oxygens (including phenoxy) is 1. The summed E-state index contributed by atoms with van der Waals surface area (Å²) in [6, 6.07) is 19.3. The average molecular weight is 318 g/mol. The lowest BCUT2D eigenvalue weighted by atomic mass is 9.96. The van der Waals surface area contributed by atoms with Gasteiger partial charge in [-0.05, 0) is 48.2 Å². The molecule has 0 radical (unpaired) electrons. The van der Waals surface area contributed by atoms with Crippen LogP contribution < -0.4 is 4.74 Å². The van der Waals surface area contributed by atoms with Gasteiger partial charge in [0.05, 0.1) is 0 Å². The summed E-state index contributed by atoms with van der Waals surface area (Å²) in [6.45, 7) is 4.23. The molecule has 1 aliphatic heterocycles. The van der Waals surface area contributed by atoms with Crippen LogP contribution in [0.4, 0.5) is 4.39 Å². The summed E-state index contributed by atoms with van der Waals surface area (Å²) in [4.78, 5) is 0. The van der Waals surface area contributed by atoms with Crippen LogP contribution in [0.3, 0.4) is 0 Å². The van der Waals surface area contributed by atoms with Gasteiger partial charge in [-0.3, -0.25) is 0 Å². The highest BCUT2D eigenvalue weighted by atomic mass is 19.1. The number of hydrogen-bond donors (Lipinski definition) is 0. The van der Waals surface area contributed by atoms with E-state index >= 15 is 0 Å². The molecule has 3 aromatic carbocycles. The molecule has 0 amide bonds. The van der Waals surface area contributed by atoms with Crippen molar-refractivity contribution in [3.05, 3.63) is 88.7 Å². The minimum atomic E-state index is -0.222. The lowest BCUT2D eigenvalue weighted by molar-refractivity contribution is 0.238. The fourth-order valence-electron chi connectivity index (χ4n) is 3.41. The van der Waals surface area contributed by atoms with E-state index in [1.807, 2.05) is 12.1 Å². The van der Waals surface area contributed by atoms with E-state index in [9.17, 15) is 4.39 Å². The van der Waals surface area contributed by atoms with E-state index in [1.54, 1.807) is 12.1 Å². The van der Waals surface area contributed by atoms with E-state index in [1.165, 1.54) is 34.4 Å². The third-order valence-electron chi connectivity index (χ3n) is 4.70. The molecule has 1 nitrogen and oxygen atoms in total. The van der Waals surface area contributed by atoms with Gasteiger partial charge in [-0.15, -0.1) is 0 Å². The smallest absolute Gasteiger partial charge is 0.131 e. The van der Waals surface area contributed by atoms with Crippen molar-refractivity contribution in [2.75, 3.05) is 0 Å². The molecule has 1 atom stereocenters. The van der Waals surface area contributed by atoms with E-state index in [4.69, 9.17) is 4.74 Å². The number of rotatable bonds is 2. The molecule has 1 aliphatic rings. The summed E-state index contributed by atoms with van der Waals surface area (Å²) in [5.41, 5.74) is 6.96. The lowest BCUT2D eigenvalue weighted by Gasteiger charge is -2.16. The van der Waals surface area contributed by atoms with Gasteiger partial charge in [-0.1, -0.05) is 54.1 Å². The van der Waals surface area contributed by atoms with Gasteiger partial charge in [-0.2, -0.15) is 0 Å². The topological polar surface area (TPSA) is 9.23 Å². The third kappa shape index (κ3) is 2.58. The molecule has 1 unspecified atom stereocenters. The Balaban J connectivity index is 1.73. The first-order valence-electron chi connectivity index (χ1n) is 8.23. The van der Waals surface area contributed by atoms with Crippen LogP contribution in [0, 0.1) is 19.7 Å². The molecule has 0 N–H and O–H groups in total. The Labute approximate surface area is 141 Å². The molecule has 3 aromatic rings. The second-order valence-corrected chi connectivity index (χ2v) is 6.47. The first-order chi connectivity index (χ1) is 11.6. The van der Waals surface area contributed by atoms with Crippen molar-refractivity contribution < 1.29 is 9.13 Å². The molecule has 0 saturated heterocycles. The Hall–Kier alpha value is -2.61. The molecule has 1 heterocycles. The first-order valence-corrected chi connectivity index (χ1v) is 8.23. The molecule has 4 rings (SSSR count). The molecule has 0 aliphatic carbocycles. The van der Waals surface area contributed by atoms with E-state index in [0.29, 0.717) is 0 Å². The summed E-state index contributed by atoms with van der Waals surface area (Å²) in [7, 11) is 0. The molecule has 0 spiro atoms. The number of hydrogen-bond acceptors (Lipinski definition) is 1. The van der Waals surface area contributed by atoms with Crippen molar-refractivity contribution in [3.63, 3.8) is 0 Å². The lowest BCUT2D eigenvalue weighted by Crippen LogP contribution is -2.05. The van der Waals surface area contributed by atoms with Gasteiger partial charge in [0.25, 0.3) is 0 Å². The van der Waals surface area contributed by atoms with Gasteiger partial charge in [0, 0.05) is 12.0 Å². The van der Waals surface area contributed by atoms with Crippen molar-refractivity contribution in [3.8, 4) is 16.9 Å². The number of halogens is 1. The Kier molecular flexibility index (Phi) is 3.61. The largest absolute Gasteiger partial charge is 0.484 e. The summed E-state index contributed by atoms with van der Waals surface area (Å²) in [5.74, 6) is 0.704. The van der Waals surface area contributed by atoms with E-state index in [-0.39, 0.29) is 11.9 Å². The SMILES string of the molecule is Cc1ccc(C)c(C2Cc3cccc(-c4ccc(F)cc4)c3O2)c1. The molecule has 24 heavy (non-hydrogen) atoms. The maximum absolute atomic E-state index is 13.2. The highest BCUT2D eigenvalue weighted by molar-refractivity contribution is 5.73. The van der Waals surface area contributed by atoms with Crippen molar-refractivity contribution in [2.24, 2.45) is 0 Å². The van der Waals surface area contributed by atoms with Crippen molar-refractivity contribution in [2.45, 2.75) is 26.4 Å². The Morgan fingerprint density at radius 1 is 0.958 bits per heavy atom. The summed E-state index contributed by atoms with van der Waals surface area (Å²) in [5, 5.41) is 0. The number of benzene rings is 3. The highest BCUT2D eigenvalue weighted by Crippen LogP contribution is 2.43. The fraction of sp³-hybridized carbons (Fsp3) is 0.182. The van der Waals surface area contributed by atoms with Crippen LogP contribution >= 0.6 is 0 Å². The molecule has 0 fully saturated rings. The second-order valence-electron chi connectivity index (χ2n) is 6.47.